The van der Waals surface area contributed by atoms with E-state index < -0.39 is 0 Å². The van der Waals surface area contributed by atoms with Crippen molar-refractivity contribution in [2.45, 2.75) is 26.8 Å². The fourth-order valence-electron chi connectivity index (χ4n) is 1.80. The second-order valence-electron chi connectivity index (χ2n) is 4.72. The molecular weight excluding hydrogens is 213 g/mol. The van der Waals surface area contributed by atoms with Gasteiger partial charge in [0.15, 0.2) is 0 Å². The third kappa shape index (κ3) is 2.70. The van der Waals surface area contributed by atoms with Gasteiger partial charge in [-0.25, -0.2) is 4.39 Å². The lowest BCUT2D eigenvalue weighted by Crippen LogP contribution is -2.30. The van der Waals surface area contributed by atoms with Crippen molar-refractivity contribution in [3.63, 3.8) is 0 Å². The summed E-state index contributed by atoms with van der Waals surface area (Å²) < 4.78 is 13.7. The Morgan fingerprint density at radius 1 is 1.33 bits per heavy atom. The second-order valence-corrected chi connectivity index (χ2v) is 5.13. The Morgan fingerprint density at radius 2 is 1.93 bits per heavy atom. The van der Waals surface area contributed by atoms with E-state index in [1.54, 1.807) is 12.1 Å². The van der Waals surface area contributed by atoms with Crippen LogP contribution in [-0.2, 0) is 0 Å². The molecule has 0 saturated carbocycles. The van der Waals surface area contributed by atoms with Gasteiger partial charge in [-0.2, -0.15) is 0 Å². The summed E-state index contributed by atoms with van der Waals surface area (Å²) in [5.41, 5.74) is 0.467. The first-order chi connectivity index (χ1) is 6.88. The van der Waals surface area contributed by atoms with Crippen LogP contribution in [-0.4, -0.2) is 7.05 Å². The highest BCUT2D eigenvalue weighted by Crippen LogP contribution is 2.37. The summed E-state index contributed by atoms with van der Waals surface area (Å²) in [6.07, 6.45) is 0. The minimum absolute atomic E-state index is 0.0828. The first kappa shape index (κ1) is 12.5. The van der Waals surface area contributed by atoms with Gasteiger partial charge in [-0.05, 0) is 24.6 Å². The van der Waals surface area contributed by atoms with Crippen molar-refractivity contribution in [3.8, 4) is 0 Å². The average molecular weight is 230 g/mol. The molecule has 1 aromatic rings. The zero-order chi connectivity index (χ0) is 11.6. The summed E-state index contributed by atoms with van der Waals surface area (Å²) in [7, 11) is 1.82. The smallest absolute Gasteiger partial charge is 0.129 e. The molecule has 0 aliphatic rings. The molecule has 1 rings (SSSR count). The molecule has 0 amide bonds. The molecule has 1 aromatic carbocycles. The molecule has 0 fully saturated rings. The van der Waals surface area contributed by atoms with Gasteiger partial charge in [0, 0.05) is 16.6 Å². The molecule has 0 aromatic heterocycles. The summed E-state index contributed by atoms with van der Waals surface area (Å²) in [5, 5.41) is 3.59. The molecule has 0 heterocycles. The maximum atomic E-state index is 13.7. The standard InChI is InChI=1S/C12H17ClFN/c1-12(2,3)11(15-4)10-8(13)6-5-7-9(10)14/h5-7,11,15H,1-4H3. The maximum absolute atomic E-state index is 13.7. The first-order valence-corrected chi connectivity index (χ1v) is 5.37. The summed E-state index contributed by atoms with van der Waals surface area (Å²) in [5.74, 6) is -0.253. The molecule has 84 valence electrons. The molecule has 3 heteroatoms. The van der Waals surface area contributed by atoms with E-state index in [1.807, 2.05) is 7.05 Å². The van der Waals surface area contributed by atoms with Gasteiger partial charge in [0.05, 0.1) is 0 Å². The molecule has 0 aliphatic heterocycles. The van der Waals surface area contributed by atoms with Gasteiger partial charge in [0.25, 0.3) is 0 Å². The fourth-order valence-corrected chi connectivity index (χ4v) is 2.07. The van der Waals surface area contributed by atoms with E-state index in [2.05, 4.69) is 26.1 Å². The third-order valence-corrected chi connectivity index (χ3v) is 2.77. The second kappa shape index (κ2) is 4.50. The van der Waals surface area contributed by atoms with E-state index in [1.165, 1.54) is 6.07 Å². The highest BCUT2D eigenvalue weighted by atomic mass is 35.5. The van der Waals surface area contributed by atoms with Crippen molar-refractivity contribution in [3.05, 3.63) is 34.6 Å². The largest absolute Gasteiger partial charge is 0.312 e. The van der Waals surface area contributed by atoms with E-state index >= 15 is 0 Å². The summed E-state index contributed by atoms with van der Waals surface area (Å²) in [4.78, 5) is 0. The zero-order valence-corrected chi connectivity index (χ0v) is 10.3. The van der Waals surface area contributed by atoms with Gasteiger partial charge in [0.1, 0.15) is 5.82 Å². The number of hydrogen-bond acceptors (Lipinski definition) is 1. The van der Waals surface area contributed by atoms with Gasteiger partial charge < -0.3 is 5.32 Å². The van der Waals surface area contributed by atoms with Gasteiger partial charge >= 0.3 is 0 Å². The Morgan fingerprint density at radius 3 is 2.33 bits per heavy atom. The normalized spacial score (nSPS) is 14.0. The average Bonchev–Trinajstić information content (AvgIpc) is 2.09. The monoisotopic (exact) mass is 229 g/mol. The third-order valence-electron chi connectivity index (χ3n) is 2.44. The van der Waals surface area contributed by atoms with Crippen LogP contribution in [0.5, 0.6) is 0 Å². The van der Waals surface area contributed by atoms with Gasteiger partial charge in [0.2, 0.25) is 0 Å². The first-order valence-electron chi connectivity index (χ1n) is 4.99. The SMILES string of the molecule is CNC(c1c(F)cccc1Cl)C(C)(C)C. The van der Waals surface area contributed by atoms with Crippen LogP contribution >= 0.6 is 11.6 Å². The van der Waals surface area contributed by atoms with Crippen LogP contribution in [0.2, 0.25) is 5.02 Å². The van der Waals surface area contributed by atoms with Crippen LogP contribution in [0.15, 0.2) is 18.2 Å². The van der Waals surface area contributed by atoms with E-state index in [0.29, 0.717) is 10.6 Å². The number of hydrogen-bond donors (Lipinski definition) is 1. The van der Waals surface area contributed by atoms with Crippen molar-refractivity contribution >= 4 is 11.6 Å². The topological polar surface area (TPSA) is 12.0 Å². The minimum atomic E-state index is -0.253. The molecule has 1 N–H and O–H groups in total. The van der Waals surface area contributed by atoms with Crippen LogP contribution in [0.3, 0.4) is 0 Å². The van der Waals surface area contributed by atoms with Crippen LogP contribution in [0, 0.1) is 11.2 Å². The molecule has 0 spiro atoms. The molecule has 15 heavy (non-hydrogen) atoms. The summed E-state index contributed by atoms with van der Waals surface area (Å²) in [6, 6.07) is 4.69. The number of benzene rings is 1. The molecule has 0 radical (unpaired) electrons. The molecule has 1 unspecified atom stereocenters. The highest BCUT2D eigenvalue weighted by molar-refractivity contribution is 6.31. The van der Waals surface area contributed by atoms with Crippen LogP contribution in [0.1, 0.15) is 32.4 Å². The van der Waals surface area contributed by atoms with E-state index in [0.717, 1.165) is 0 Å². The van der Waals surface area contributed by atoms with Crippen molar-refractivity contribution < 1.29 is 4.39 Å². The molecule has 0 bridgehead atoms. The minimum Gasteiger partial charge on any atom is -0.312 e. The van der Waals surface area contributed by atoms with Crippen LogP contribution in [0.4, 0.5) is 4.39 Å². The molecule has 0 saturated heterocycles. The van der Waals surface area contributed by atoms with Crippen molar-refractivity contribution in [1.82, 2.24) is 5.32 Å². The van der Waals surface area contributed by atoms with E-state index in [9.17, 15) is 4.39 Å². The zero-order valence-electron chi connectivity index (χ0n) is 9.57. The predicted molar refractivity (Wildman–Crippen MR) is 62.7 cm³/mol. The van der Waals surface area contributed by atoms with Gasteiger partial charge in [-0.1, -0.05) is 38.4 Å². The molecular formula is C12H17ClFN. The van der Waals surface area contributed by atoms with Crippen molar-refractivity contribution in [2.75, 3.05) is 7.05 Å². The number of nitrogens with one attached hydrogen (secondary N) is 1. The molecule has 1 nitrogen and oxygen atoms in total. The Hall–Kier alpha value is -0.600. The molecule has 0 aliphatic carbocycles. The number of halogens is 2. The summed E-state index contributed by atoms with van der Waals surface area (Å²) in [6.45, 7) is 6.16. The van der Waals surface area contributed by atoms with Crippen molar-refractivity contribution in [2.24, 2.45) is 5.41 Å². The lowest BCUT2D eigenvalue weighted by Gasteiger charge is -2.31. The highest BCUT2D eigenvalue weighted by Gasteiger charge is 2.28. The summed E-state index contributed by atoms with van der Waals surface area (Å²) >= 11 is 6.03. The quantitative estimate of drug-likeness (QED) is 0.814. The Bertz CT molecular complexity index is 324. The van der Waals surface area contributed by atoms with Gasteiger partial charge in [-0.3, -0.25) is 0 Å². The Balaban J connectivity index is 3.24. The number of rotatable bonds is 2. The van der Waals surface area contributed by atoms with Crippen LogP contribution < -0.4 is 5.32 Å². The lowest BCUT2D eigenvalue weighted by atomic mass is 9.82. The fraction of sp³-hybridized carbons (Fsp3) is 0.500. The predicted octanol–water partition coefficient (Wildman–Crippen LogP) is 3.79. The van der Waals surface area contributed by atoms with Crippen molar-refractivity contribution in [1.29, 1.82) is 0 Å². The Kier molecular flexibility index (Phi) is 3.74. The maximum Gasteiger partial charge on any atom is 0.129 e. The van der Waals surface area contributed by atoms with Crippen LogP contribution in [0.25, 0.3) is 0 Å². The van der Waals surface area contributed by atoms with Gasteiger partial charge in [-0.15, -0.1) is 0 Å². The van der Waals surface area contributed by atoms with E-state index in [4.69, 9.17) is 11.6 Å². The Labute approximate surface area is 95.6 Å². The molecule has 1 atom stereocenters. The van der Waals surface area contributed by atoms with E-state index in [-0.39, 0.29) is 17.3 Å². The lowest BCUT2D eigenvalue weighted by molar-refractivity contribution is 0.280.